The molecule has 1 aromatic carbocycles. The smallest absolute Gasteiger partial charge is 0.119 e. The molecule has 3 heteroatoms. The average Bonchev–Trinajstić information content (AvgIpc) is 2.88. The topological polar surface area (TPSA) is 21.3 Å². The van der Waals surface area contributed by atoms with Gasteiger partial charge in [0.05, 0.1) is 6.61 Å². The van der Waals surface area contributed by atoms with Crippen LogP contribution >= 0.6 is 11.3 Å². The number of nitrogens with one attached hydrogen (secondary N) is 1. The van der Waals surface area contributed by atoms with Gasteiger partial charge in [-0.25, -0.2) is 0 Å². The fourth-order valence-electron chi connectivity index (χ4n) is 1.49. The van der Waals surface area contributed by atoms with Gasteiger partial charge in [-0.05, 0) is 53.1 Å². The molecule has 0 aliphatic rings. The Morgan fingerprint density at radius 3 is 2.65 bits per heavy atom. The largest absolute Gasteiger partial charge is 0.494 e. The van der Waals surface area contributed by atoms with E-state index in [0.29, 0.717) is 0 Å². The maximum absolute atomic E-state index is 5.53. The number of ether oxygens (including phenoxy) is 1. The second-order valence-corrected chi connectivity index (χ2v) is 4.64. The van der Waals surface area contributed by atoms with E-state index in [1.807, 2.05) is 12.1 Å². The van der Waals surface area contributed by atoms with Crippen LogP contribution in [0.5, 0.6) is 5.75 Å². The van der Waals surface area contributed by atoms with Crippen molar-refractivity contribution in [1.82, 2.24) is 0 Å². The summed E-state index contributed by atoms with van der Waals surface area (Å²) in [5.41, 5.74) is 2.45. The van der Waals surface area contributed by atoms with E-state index in [9.17, 15) is 0 Å². The summed E-state index contributed by atoms with van der Waals surface area (Å²) in [7, 11) is 0. The molecule has 0 saturated carbocycles. The van der Waals surface area contributed by atoms with Gasteiger partial charge >= 0.3 is 0 Å². The van der Waals surface area contributed by atoms with E-state index >= 15 is 0 Å². The fraction of sp³-hybridized carbons (Fsp3) is 0.286. The molecule has 0 bridgehead atoms. The number of anilines is 1. The predicted octanol–water partition coefficient (Wildman–Crippen LogP) is 4.15. The monoisotopic (exact) mass is 247 g/mol. The zero-order valence-corrected chi connectivity index (χ0v) is 10.8. The van der Waals surface area contributed by atoms with Crippen LogP contribution < -0.4 is 10.1 Å². The van der Waals surface area contributed by atoms with Crippen molar-refractivity contribution < 1.29 is 4.74 Å². The summed E-state index contributed by atoms with van der Waals surface area (Å²) >= 11 is 1.73. The Labute approximate surface area is 106 Å². The predicted molar refractivity (Wildman–Crippen MR) is 73.9 cm³/mol. The maximum Gasteiger partial charge on any atom is 0.119 e. The van der Waals surface area contributed by atoms with Gasteiger partial charge < -0.3 is 10.1 Å². The molecule has 2 rings (SSSR count). The van der Waals surface area contributed by atoms with Crippen molar-refractivity contribution in [3.63, 3.8) is 0 Å². The lowest BCUT2D eigenvalue weighted by Crippen LogP contribution is -1.98. The summed E-state index contributed by atoms with van der Waals surface area (Å²) in [6.07, 6.45) is 1.04. The molecule has 2 aromatic rings. The van der Waals surface area contributed by atoms with Crippen molar-refractivity contribution in [2.45, 2.75) is 19.9 Å². The molecule has 0 saturated heterocycles. The Bertz CT molecular complexity index is 422. The lowest BCUT2D eigenvalue weighted by molar-refractivity contribution is 0.317. The van der Waals surface area contributed by atoms with Gasteiger partial charge in [0.2, 0.25) is 0 Å². The second kappa shape index (κ2) is 6.30. The highest BCUT2D eigenvalue weighted by molar-refractivity contribution is 7.07. The average molecular weight is 247 g/mol. The third-order valence-corrected chi connectivity index (χ3v) is 3.14. The van der Waals surface area contributed by atoms with Crippen LogP contribution in [0.15, 0.2) is 41.1 Å². The molecule has 2 nitrogen and oxygen atoms in total. The van der Waals surface area contributed by atoms with Gasteiger partial charge in [-0.3, -0.25) is 0 Å². The Hall–Kier alpha value is -1.48. The summed E-state index contributed by atoms with van der Waals surface area (Å²) < 4.78 is 5.53. The van der Waals surface area contributed by atoms with Crippen molar-refractivity contribution in [3.05, 3.63) is 46.7 Å². The first-order valence-electron chi connectivity index (χ1n) is 5.86. The zero-order chi connectivity index (χ0) is 11.9. The molecule has 17 heavy (non-hydrogen) atoms. The van der Waals surface area contributed by atoms with Crippen LogP contribution in [0, 0.1) is 0 Å². The maximum atomic E-state index is 5.53. The Kier molecular flexibility index (Phi) is 4.45. The molecule has 1 N–H and O–H groups in total. The SMILES string of the molecule is CCCOc1ccc(NCc2ccsc2)cc1. The first-order valence-corrected chi connectivity index (χ1v) is 6.80. The molecule has 0 unspecified atom stereocenters. The van der Waals surface area contributed by atoms with E-state index in [-0.39, 0.29) is 0 Å². The van der Waals surface area contributed by atoms with Crippen LogP contribution in [0.3, 0.4) is 0 Å². The lowest BCUT2D eigenvalue weighted by Gasteiger charge is -2.07. The number of hydrogen-bond acceptors (Lipinski definition) is 3. The molecule has 1 aromatic heterocycles. The van der Waals surface area contributed by atoms with Crippen molar-refractivity contribution in [2.24, 2.45) is 0 Å². The van der Waals surface area contributed by atoms with Crippen LogP contribution in [0.1, 0.15) is 18.9 Å². The summed E-state index contributed by atoms with van der Waals surface area (Å²) in [6, 6.07) is 10.3. The van der Waals surface area contributed by atoms with Crippen molar-refractivity contribution >= 4 is 17.0 Å². The van der Waals surface area contributed by atoms with Crippen molar-refractivity contribution in [1.29, 1.82) is 0 Å². The highest BCUT2D eigenvalue weighted by Crippen LogP contribution is 2.17. The molecule has 0 aliphatic heterocycles. The van der Waals surface area contributed by atoms with E-state index in [0.717, 1.165) is 31.0 Å². The van der Waals surface area contributed by atoms with Crippen LogP contribution in [-0.4, -0.2) is 6.61 Å². The summed E-state index contributed by atoms with van der Waals surface area (Å²) in [6.45, 7) is 3.76. The number of hydrogen-bond donors (Lipinski definition) is 1. The van der Waals surface area contributed by atoms with E-state index in [1.54, 1.807) is 11.3 Å². The molecule has 90 valence electrons. The van der Waals surface area contributed by atoms with E-state index in [1.165, 1.54) is 5.56 Å². The number of benzene rings is 1. The van der Waals surface area contributed by atoms with Gasteiger partial charge in [-0.1, -0.05) is 6.92 Å². The summed E-state index contributed by atoms with van der Waals surface area (Å²) in [4.78, 5) is 0. The Morgan fingerprint density at radius 1 is 1.18 bits per heavy atom. The zero-order valence-electron chi connectivity index (χ0n) is 9.98. The molecule has 0 aliphatic carbocycles. The van der Waals surface area contributed by atoms with E-state index in [2.05, 4.69) is 41.2 Å². The van der Waals surface area contributed by atoms with Crippen LogP contribution in [0.4, 0.5) is 5.69 Å². The molecular weight excluding hydrogens is 230 g/mol. The van der Waals surface area contributed by atoms with Gasteiger partial charge in [-0.15, -0.1) is 0 Å². The molecule has 1 heterocycles. The van der Waals surface area contributed by atoms with Crippen LogP contribution in [0.2, 0.25) is 0 Å². The third kappa shape index (κ3) is 3.79. The van der Waals surface area contributed by atoms with Gasteiger partial charge in [0.1, 0.15) is 5.75 Å². The van der Waals surface area contributed by atoms with Gasteiger partial charge in [0.25, 0.3) is 0 Å². The summed E-state index contributed by atoms with van der Waals surface area (Å²) in [5, 5.41) is 7.64. The second-order valence-electron chi connectivity index (χ2n) is 3.86. The number of thiophene rings is 1. The molecule has 0 radical (unpaired) electrons. The van der Waals surface area contributed by atoms with Gasteiger partial charge in [-0.2, -0.15) is 11.3 Å². The lowest BCUT2D eigenvalue weighted by atomic mass is 10.3. The number of rotatable bonds is 6. The molecule has 0 atom stereocenters. The normalized spacial score (nSPS) is 10.2. The highest BCUT2D eigenvalue weighted by Gasteiger charge is 1.96. The van der Waals surface area contributed by atoms with Crippen molar-refractivity contribution in [2.75, 3.05) is 11.9 Å². The molecule has 0 amide bonds. The fourth-order valence-corrected chi connectivity index (χ4v) is 2.15. The standard InChI is InChI=1S/C14H17NOS/c1-2-8-16-14-5-3-13(4-6-14)15-10-12-7-9-17-11-12/h3-7,9,11,15H,2,8,10H2,1H3. The Balaban J connectivity index is 1.85. The minimum atomic E-state index is 0.779. The molecular formula is C14H17NOS. The molecule has 0 spiro atoms. The van der Waals surface area contributed by atoms with Crippen LogP contribution in [-0.2, 0) is 6.54 Å². The third-order valence-electron chi connectivity index (χ3n) is 2.40. The summed E-state index contributed by atoms with van der Waals surface area (Å²) in [5.74, 6) is 0.938. The first-order chi connectivity index (χ1) is 8.38. The Morgan fingerprint density at radius 2 is 2.00 bits per heavy atom. The molecule has 0 fully saturated rings. The first kappa shape index (κ1) is 12.0. The van der Waals surface area contributed by atoms with Crippen molar-refractivity contribution in [3.8, 4) is 5.75 Å². The highest BCUT2D eigenvalue weighted by atomic mass is 32.1. The minimum absolute atomic E-state index is 0.779. The van der Waals surface area contributed by atoms with Gasteiger partial charge in [0, 0.05) is 12.2 Å². The van der Waals surface area contributed by atoms with Gasteiger partial charge in [0.15, 0.2) is 0 Å². The van der Waals surface area contributed by atoms with E-state index < -0.39 is 0 Å². The van der Waals surface area contributed by atoms with Crippen LogP contribution in [0.25, 0.3) is 0 Å². The minimum Gasteiger partial charge on any atom is -0.494 e. The van der Waals surface area contributed by atoms with E-state index in [4.69, 9.17) is 4.74 Å². The quantitative estimate of drug-likeness (QED) is 0.828.